The molecule has 0 radical (unpaired) electrons. The fourth-order valence-electron chi connectivity index (χ4n) is 2.53. The first kappa shape index (κ1) is 19.1. The van der Waals surface area contributed by atoms with E-state index in [2.05, 4.69) is 29.4 Å². The monoisotopic (exact) mass is 355 g/mol. The molecule has 4 nitrogen and oxygen atoms in total. The summed E-state index contributed by atoms with van der Waals surface area (Å²) in [6.45, 7) is 7.88. The molecule has 0 heterocycles. The van der Waals surface area contributed by atoms with Gasteiger partial charge in [0.2, 0.25) is 0 Å². The Kier molecular flexibility index (Phi) is 7.57. The van der Waals surface area contributed by atoms with E-state index in [1.165, 1.54) is 0 Å². The zero-order chi connectivity index (χ0) is 18.1. The number of hydrogen-bond acceptors (Lipinski definition) is 3. The third-order valence-corrected chi connectivity index (χ3v) is 4.34. The van der Waals surface area contributed by atoms with Crippen LogP contribution in [0.15, 0.2) is 54.6 Å². The summed E-state index contributed by atoms with van der Waals surface area (Å²) in [6, 6.07) is 17.6. The number of nitrogens with one attached hydrogen (secondary N) is 2. The van der Waals surface area contributed by atoms with Crippen LogP contribution in [0, 0.1) is 0 Å². The van der Waals surface area contributed by atoms with Crippen molar-refractivity contribution < 1.29 is 4.79 Å². The molecule has 0 unspecified atom stereocenters. The maximum atomic E-state index is 12.3. The van der Waals surface area contributed by atoms with Gasteiger partial charge in [-0.15, -0.1) is 0 Å². The summed E-state index contributed by atoms with van der Waals surface area (Å²) in [5, 5.41) is 6.17. The number of thiocarbonyl (C=S) groups is 1. The Labute approximate surface area is 155 Å². The summed E-state index contributed by atoms with van der Waals surface area (Å²) in [7, 11) is 0. The van der Waals surface area contributed by atoms with Crippen molar-refractivity contribution in [3.05, 3.63) is 60.2 Å². The van der Waals surface area contributed by atoms with Gasteiger partial charge in [0, 0.05) is 18.7 Å². The minimum atomic E-state index is -0.194. The summed E-state index contributed by atoms with van der Waals surface area (Å²) >= 11 is 5.20. The number of nitrogens with zero attached hydrogens (tertiary/aromatic N) is 1. The molecule has 0 aliphatic heterocycles. The third kappa shape index (κ3) is 5.96. The van der Waals surface area contributed by atoms with Gasteiger partial charge < -0.3 is 10.2 Å². The molecule has 0 spiro atoms. The van der Waals surface area contributed by atoms with Gasteiger partial charge in [-0.3, -0.25) is 10.1 Å². The van der Waals surface area contributed by atoms with Crippen LogP contribution >= 0.6 is 12.2 Å². The van der Waals surface area contributed by atoms with E-state index in [0.29, 0.717) is 17.2 Å². The van der Waals surface area contributed by atoms with Gasteiger partial charge in [0.15, 0.2) is 5.11 Å². The maximum absolute atomic E-state index is 12.3. The van der Waals surface area contributed by atoms with Crippen molar-refractivity contribution >= 4 is 23.2 Å². The van der Waals surface area contributed by atoms with Gasteiger partial charge in [-0.2, -0.15) is 0 Å². The van der Waals surface area contributed by atoms with Gasteiger partial charge >= 0.3 is 0 Å². The maximum Gasteiger partial charge on any atom is 0.257 e. The third-order valence-electron chi connectivity index (χ3n) is 4.09. The predicted octanol–water partition coefficient (Wildman–Crippen LogP) is 3.30. The van der Waals surface area contributed by atoms with Crippen LogP contribution < -0.4 is 10.6 Å². The number of likely N-dealkylation sites (N-methyl/N-ethyl adjacent to an activating group) is 1. The molecule has 132 valence electrons. The quantitative estimate of drug-likeness (QED) is 0.748. The Morgan fingerprint density at radius 3 is 2.16 bits per heavy atom. The van der Waals surface area contributed by atoms with Gasteiger partial charge in [0.1, 0.15) is 0 Å². The van der Waals surface area contributed by atoms with E-state index in [1.54, 1.807) is 0 Å². The Balaban J connectivity index is 1.85. The van der Waals surface area contributed by atoms with Crippen LogP contribution in [0.4, 0.5) is 0 Å². The molecule has 2 aromatic rings. The van der Waals surface area contributed by atoms with Gasteiger partial charge in [0.25, 0.3) is 5.91 Å². The average Bonchev–Trinajstić information content (AvgIpc) is 2.66. The molecular weight excluding hydrogens is 330 g/mol. The second-order valence-electron chi connectivity index (χ2n) is 5.68. The number of rotatable bonds is 7. The molecule has 0 aromatic heterocycles. The summed E-state index contributed by atoms with van der Waals surface area (Å²) < 4.78 is 0. The standard InChI is InChI=1S/C20H25N3OS/c1-3-23(4-2)15-14-21-20(25)22-19(24)18-12-10-17(11-13-18)16-8-6-5-7-9-16/h5-13H,3-4,14-15H2,1-2H3,(H2,21,22,24,25). The molecule has 0 saturated carbocycles. The average molecular weight is 356 g/mol. The molecule has 2 N–H and O–H groups in total. The van der Waals surface area contributed by atoms with Crippen molar-refractivity contribution in [2.24, 2.45) is 0 Å². The van der Waals surface area contributed by atoms with Crippen LogP contribution in [-0.2, 0) is 0 Å². The minimum absolute atomic E-state index is 0.194. The van der Waals surface area contributed by atoms with Crippen LogP contribution in [0.1, 0.15) is 24.2 Å². The van der Waals surface area contributed by atoms with Crippen molar-refractivity contribution in [1.29, 1.82) is 0 Å². The number of benzene rings is 2. The second kappa shape index (κ2) is 9.91. The van der Waals surface area contributed by atoms with Crippen LogP contribution in [0.3, 0.4) is 0 Å². The van der Waals surface area contributed by atoms with E-state index in [0.717, 1.165) is 30.8 Å². The molecule has 2 aromatic carbocycles. The van der Waals surface area contributed by atoms with Gasteiger partial charge in [0.05, 0.1) is 0 Å². The number of hydrogen-bond donors (Lipinski definition) is 2. The molecule has 0 aliphatic carbocycles. The Morgan fingerprint density at radius 2 is 1.56 bits per heavy atom. The lowest BCUT2D eigenvalue weighted by atomic mass is 10.0. The van der Waals surface area contributed by atoms with E-state index in [1.807, 2.05) is 54.6 Å². The first-order valence-electron chi connectivity index (χ1n) is 8.61. The van der Waals surface area contributed by atoms with E-state index in [4.69, 9.17) is 12.2 Å². The Hall–Kier alpha value is -2.24. The summed E-state index contributed by atoms with van der Waals surface area (Å²) in [4.78, 5) is 14.6. The van der Waals surface area contributed by atoms with E-state index in [-0.39, 0.29) is 5.91 Å². The number of amides is 1. The van der Waals surface area contributed by atoms with Crippen LogP contribution in [-0.4, -0.2) is 42.1 Å². The molecule has 0 bridgehead atoms. The van der Waals surface area contributed by atoms with Crippen molar-refractivity contribution in [3.8, 4) is 11.1 Å². The van der Waals surface area contributed by atoms with Crippen LogP contribution in [0.2, 0.25) is 0 Å². The highest BCUT2D eigenvalue weighted by Crippen LogP contribution is 2.19. The van der Waals surface area contributed by atoms with Crippen LogP contribution in [0.5, 0.6) is 0 Å². The second-order valence-corrected chi connectivity index (χ2v) is 6.09. The van der Waals surface area contributed by atoms with Crippen molar-refractivity contribution in [2.45, 2.75) is 13.8 Å². The van der Waals surface area contributed by atoms with Gasteiger partial charge in [-0.25, -0.2) is 0 Å². The molecular formula is C20H25N3OS. The van der Waals surface area contributed by atoms with Crippen molar-refractivity contribution in [1.82, 2.24) is 15.5 Å². The van der Waals surface area contributed by atoms with Gasteiger partial charge in [-0.05, 0) is 48.6 Å². The van der Waals surface area contributed by atoms with E-state index >= 15 is 0 Å². The minimum Gasteiger partial charge on any atom is -0.361 e. The molecule has 25 heavy (non-hydrogen) atoms. The highest BCUT2D eigenvalue weighted by molar-refractivity contribution is 7.80. The summed E-state index contributed by atoms with van der Waals surface area (Å²) in [5.74, 6) is -0.194. The van der Waals surface area contributed by atoms with Crippen molar-refractivity contribution in [2.75, 3.05) is 26.2 Å². The van der Waals surface area contributed by atoms with Crippen molar-refractivity contribution in [3.63, 3.8) is 0 Å². The molecule has 0 aliphatic rings. The molecule has 5 heteroatoms. The van der Waals surface area contributed by atoms with E-state index in [9.17, 15) is 4.79 Å². The summed E-state index contributed by atoms with van der Waals surface area (Å²) in [5.41, 5.74) is 2.80. The lowest BCUT2D eigenvalue weighted by molar-refractivity contribution is 0.0976. The Morgan fingerprint density at radius 1 is 0.960 bits per heavy atom. The lowest BCUT2D eigenvalue weighted by Crippen LogP contribution is -2.42. The topological polar surface area (TPSA) is 44.4 Å². The highest BCUT2D eigenvalue weighted by atomic mass is 32.1. The SMILES string of the molecule is CCN(CC)CCNC(=S)NC(=O)c1ccc(-c2ccccc2)cc1. The molecule has 0 saturated heterocycles. The van der Waals surface area contributed by atoms with Crippen LogP contribution in [0.25, 0.3) is 11.1 Å². The zero-order valence-corrected chi connectivity index (χ0v) is 15.6. The van der Waals surface area contributed by atoms with Gasteiger partial charge in [-0.1, -0.05) is 56.3 Å². The largest absolute Gasteiger partial charge is 0.361 e. The predicted molar refractivity (Wildman–Crippen MR) is 108 cm³/mol. The lowest BCUT2D eigenvalue weighted by Gasteiger charge is -2.18. The normalized spacial score (nSPS) is 10.5. The first-order chi connectivity index (χ1) is 12.1. The highest BCUT2D eigenvalue weighted by Gasteiger charge is 2.08. The first-order valence-corrected chi connectivity index (χ1v) is 9.01. The molecule has 0 fully saturated rings. The molecule has 2 rings (SSSR count). The fourth-order valence-corrected chi connectivity index (χ4v) is 2.73. The number of carbonyl (C=O) groups excluding carboxylic acids is 1. The molecule has 1 amide bonds. The van der Waals surface area contributed by atoms with E-state index < -0.39 is 0 Å². The smallest absolute Gasteiger partial charge is 0.257 e. The number of carbonyl (C=O) groups is 1. The molecule has 0 atom stereocenters. The zero-order valence-electron chi connectivity index (χ0n) is 14.8. The summed E-state index contributed by atoms with van der Waals surface area (Å²) in [6.07, 6.45) is 0. The Bertz CT molecular complexity index is 682. The fraction of sp³-hybridized carbons (Fsp3) is 0.300.